The molecule has 0 saturated carbocycles. The van der Waals surface area contributed by atoms with Gasteiger partial charge in [-0.3, -0.25) is 5.32 Å². The fourth-order valence-corrected chi connectivity index (χ4v) is 2.37. The first kappa shape index (κ1) is 13.9. The highest BCUT2D eigenvalue weighted by atomic mass is 16.5. The van der Waals surface area contributed by atoms with Gasteiger partial charge in [0, 0.05) is 5.69 Å². The molecule has 0 aliphatic carbocycles. The maximum Gasteiger partial charge on any atom is 0.411 e. The fourth-order valence-electron chi connectivity index (χ4n) is 2.37. The number of amides is 1. The van der Waals surface area contributed by atoms with Crippen LogP contribution < -0.4 is 10.6 Å². The number of hydrogen-bond donors (Lipinski definition) is 2. The molecule has 0 aromatic heterocycles. The number of ether oxygens (including phenoxy) is 1. The van der Waals surface area contributed by atoms with Gasteiger partial charge in [-0.25, -0.2) is 4.79 Å². The van der Waals surface area contributed by atoms with Gasteiger partial charge < -0.3 is 10.1 Å². The molecule has 1 fully saturated rings. The van der Waals surface area contributed by atoms with E-state index in [-0.39, 0.29) is 6.09 Å². The van der Waals surface area contributed by atoms with Crippen molar-refractivity contribution in [3.63, 3.8) is 0 Å². The lowest BCUT2D eigenvalue weighted by atomic mass is 9.97. The van der Waals surface area contributed by atoms with Crippen molar-refractivity contribution in [2.75, 3.05) is 25.0 Å². The van der Waals surface area contributed by atoms with Gasteiger partial charge in [-0.2, -0.15) is 0 Å². The molecule has 1 aliphatic heterocycles. The van der Waals surface area contributed by atoms with Crippen LogP contribution >= 0.6 is 0 Å². The zero-order valence-electron chi connectivity index (χ0n) is 11.4. The summed E-state index contributed by atoms with van der Waals surface area (Å²) in [6.45, 7) is 4.64. The molecule has 0 spiro atoms. The van der Waals surface area contributed by atoms with Crippen LogP contribution in [0.5, 0.6) is 0 Å². The highest BCUT2D eigenvalue weighted by molar-refractivity contribution is 5.84. The zero-order valence-corrected chi connectivity index (χ0v) is 11.4. The number of nitrogens with one attached hydrogen (secondary N) is 2. The summed E-state index contributed by atoms with van der Waals surface area (Å²) in [6.07, 6.45) is 3.03. The Bertz CT molecular complexity index is 414. The van der Waals surface area contributed by atoms with E-state index in [0.29, 0.717) is 12.5 Å². The molecular weight excluding hydrogens is 240 g/mol. The summed E-state index contributed by atoms with van der Waals surface area (Å²) in [6, 6.07) is 7.69. The normalized spacial score (nSPS) is 18.9. The topological polar surface area (TPSA) is 50.4 Å². The molecule has 4 heteroatoms. The average Bonchev–Trinajstić information content (AvgIpc) is 2.40. The molecule has 1 saturated heterocycles. The second-order valence-electron chi connectivity index (χ2n) is 5.13. The number of carbonyl (C=O) groups excluding carboxylic acids is 1. The molecule has 1 unspecified atom stereocenters. The Labute approximate surface area is 114 Å². The molecule has 104 valence electrons. The van der Waals surface area contributed by atoms with Crippen LogP contribution in [0.25, 0.3) is 0 Å². The van der Waals surface area contributed by atoms with Crippen LogP contribution in [0.15, 0.2) is 24.3 Å². The van der Waals surface area contributed by atoms with Gasteiger partial charge in [0.25, 0.3) is 0 Å². The molecule has 1 heterocycles. The molecule has 2 N–H and O–H groups in total. The Hall–Kier alpha value is -1.55. The van der Waals surface area contributed by atoms with E-state index < -0.39 is 0 Å². The Morgan fingerprint density at radius 2 is 2.42 bits per heavy atom. The number of benzene rings is 1. The lowest BCUT2D eigenvalue weighted by Crippen LogP contribution is -2.30. The lowest BCUT2D eigenvalue weighted by molar-refractivity contribution is 0.150. The molecule has 0 bridgehead atoms. The maximum atomic E-state index is 11.6. The Kier molecular flexibility index (Phi) is 5.21. The van der Waals surface area contributed by atoms with Gasteiger partial charge in [-0.15, -0.1) is 0 Å². The third-order valence-corrected chi connectivity index (χ3v) is 3.42. The summed E-state index contributed by atoms with van der Waals surface area (Å²) in [5.74, 6) is 0.639. The Morgan fingerprint density at radius 1 is 1.53 bits per heavy atom. The summed E-state index contributed by atoms with van der Waals surface area (Å²) >= 11 is 0. The van der Waals surface area contributed by atoms with E-state index in [1.165, 1.54) is 12.8 Å². The molecule has 2 rings (SSSR count). The summed E-state index contributed by atoms with van der Waals surface area (Å²) in [7, 11) is 0. The van der Waals surface area contributed by atoms with Crippen LogP contribution in [0, 0.1) is 12.8 Å². The highest BCUT2D eigenvalue weighted by Gasteiger charge is 2.13. The fraction of sp³-hybridized carbons (Fsp3) is 0.533. The van der Waals surface area contributed by atoms with Crippen molar-refractivity contribution in [2.24, 2.45) is 5.92 Å². The molecule has 19 heavy (non-hydrogen) atoms. The van der Waals surface area contributed by atoms with Crippen molar-refractivity contribution in [3.8, 4) is 0 Å². The Morgan fingerprint density at radius 3 is 3.16 bits per heavy atom. The summed E-state index contributed by atoms with van der Waals surface area (Å²) in [5, 5.41) is 6.11. The maximum absolute atomic E-state index is 11.6. The highest BCUT2D eigenvalue weighted by Crippen LogP contribution is 2.14. The van der Waals surface area contributed by atoms with Crippen molar-refractivity contribution in [2.45, 2.75) is 26.2 Å². The smallest absolute Gasteiger partial charge is 0.411 e. The third kappa shape index (κ3) is 4.91. The van der Waals surface area contributed by atoms with E-state index in [0.717, 1.165) is 30.8 Å². The third-order valence-electron chi connectivity index (χ3n) is 3.42. The second-order valence-corrected chi connectivity index (χ2v) is 5.13. The number of anilines is 1. The van der Waals surface area contributed by atoms with Crippen LogP contribution in [0.4, 0.5) is 10.5 Å². The van der Waals surface area contributed by atoms with Gasteiger partial charge in [0.2, 0.25) is 0 Å². The van der Waals surface area contributed by atoms with Gasteiger partial charge in [0.15, 0.2) is 0 Å². The largest absolute Gasteiger partial charge is 0.449 e. The Balaban J connectivity index is 1.67. The minimum atomic E-state index is -0.366. The van der Waals surface area contributed by atoms with Crippen molar-refractivity contribution < 1.29 is 9.53 Å². The summed E-state index contributed by atoms with van der Waals surface area (Å²) in [4.78, 5) is 11.6. The minimum Gasteiger partial charge on any atom is -0.449 e. The van der Waals surface area contributed by atoms with E-state index in [4.69, 9.17) is 4.74 Å². The first-order chi connectivity index (χ1) is 9.24. The molecule has 1 atom stereocenters. The number of piperidine rings is 1. The van der Waals surface area contributed by atoms with Gasteiger partial charge in [0.05, 0.1) is 6.61 Å². The van der Waals surface area contributed by atoms with Crippen molar-refractivity contribution in [1.82, 2.24) is 5.32 Å². The zero-order chi connectivity index (χ0) is 13.5. The molecule has 1 amide bonds. The minimum absolute atomic E-state index is 0.366. The van der Waals surface area contributed by atoms with Gasteiger partial charge in [0.1, 0.15) is 0 Å². The summed E-state index contributed by atoms with van der Waals surface area (Å²) < 4.78 is 5.21. The molecule has 1 aromatic carbocycles. The quantitative estimate of drug-likeness (QED) is 0.877. The predicted molar refractivity (Wildman–Crippen MR) is 76.4 cm³/mol. The number of aryl methyl sites for hydroxylation is 1. The number of hydrogen-bond acceptors (Lipinski definition) is 3. The van der Waals surface area contributed by atoms with Crippen LogP contribution in [-0.2, 0) is 4.74 Å². The molecule has 1 aliphatic rings. The lowest BCUT2D eigenvalue weighted by Gasteiger charge is -2.22. The van der Waals surface area contributed by atoms with Crippen LogP contribution in [-0.4, -0.2) is 25.8 Å². The van der Waals surface area contributed by atoms with E-state index >= 15 is 0 Å². The molecule has 1 aromatic rings. The molecule has 4 nitrogen and oxygen atoms in total. The SMILES string of the molecule is Cc1cccc(NC(=O)OCCC2CCCNC2)c1. The van der Waals surface area contributed by atoms with Gasteiger partial charge in [-0.1, -0.05) is 12.1 Å². The van der Waals surface area contributed by atoms with Crippen LogP contribution in [0.2, 0.25) is 0 Å². The van der Waals surface area contributed by atoms with Crippen LogP contribution in [0.1, 0.15) is 24.8 Å². The predicted octanol–water partition coefficient (Wildman–Crippen LogP) is 2.93. The van der Waals surface area contributed by atoms with Crippen LogP contribution in [0.3, 0.4) is 0 Å². The first-order valence-electron chi connectivity index (χ1n) is 6.95. The van der Waals surface area contributed by atoms with E-state index in [1.54, 1.807) is 0 Å². The van der Waals surface area contributed by atoms with E-state index in [9.17, 15) is 4.79 Å². The monoisotopic (exact) mass is 262 g/mol. The second kappa shape index (κ2) is 7.14. The number of carbonyl (C=O) groups is 1. The molecule has 0 radical (unpaired) electrons. The van der Waals surface area contributed by atoms with E-state index in [1.807, 2.05) is 31.2 Å². The first-order valence-corrected chi connectivity index (χ1v) is 6.95. The van der Waals surface area contributed by atoms with Gasteiger partial charge in [-0.05, 0) is 62.9 Å². The van der Waals surface area contributed by atoms with Gasteiger partial charge >= 0.3 is 6.09 Å². The number of rotatable bonds is 4. The van der Waals surface area contributed by atoms with Crippen molar-refractivity contribution in [1.29, 1.82) is 0 Å². The standard InChI is InChI=1S/C15H22N2O2/c1-12-4-2-6-14(10-12)17-15(18)19-9-7-13-5-3-8-16-11-13/h2,4,6,10,13,16H,3,5,7-9,11H2,1H3,(H,17,18). The molecular formula is C15H22N2O2. The van der Waals surface area contributed by atoms with Crippen molar-refractivity contribution in [3.05, 3.63) is 29.8 Å². The summed E-state index contributed by atoms with van der Waals surface area (Å²) in [5.41, 5.74) is 1.90. The average molecular weight is 262 g/mol. The van der Waals surface area contributed by atoms with E-state index in [2.05, 4.69) is 10.6 Å². The van der Waals surface area contributed by atoms with Crippen molar-refractivity contribution >= 4 is 11.8 Å².